The minimum Gasteiger partial charge on any atom is -0.457 e. The van der Waals surface area contributed by atoms with E-state index in [0.717, 1.165) is 66.8 Å². The molecule has 0 saturated heterocycles. The molecule has 68 heavy (non-hydrogen) atoms. The maximum atomic E-state index is 6.79. The molecule has 0 unspecified atom stereocenters. The molecule has 4 aromatic carbocycles. The van der Waals surface area contributed by atoms with Gasteiger partial charge in [-0.1, -0.05) is 27.7 Å². The fourth-order valence-corrected chi connectivity index (χ4v) is 10.7. The topological polar surface area (TPSA) is 197 Å². The highest BCUT2D eigenvalue weighted by molar-refractivity contribution is 5.69. The van der Waals surface area contributed by atoms with Gasteiger partial charge >= 0.3 is 0 Å². The average Bonchev–Trinajstić information content (AvgIpc) is 4.20. The molecule has 4 aromatic heterocycles. The Morgan fingerprint density at radius 2 is 0.529 bits per heavy atom. The zero-order valence-corrected chi connectivity index (χ0v) is 37.5. The SMILES string of the molecule is CC1c2cc3c4c(Cn5cncn5)c2OCOc2c1cc1c(c2Cn2cncn2)OCOc2c(cc5c(c2Cn2cncn2)OCOc2c(cc(c(c2Cn2cncn2)OCO4)C3C)C5C)C1C. The van der Waals surface area contributed by atoms with Crippen LogP contribution in [-0.4, -0.2) is 86.2 Å². The summed E-state index contributed by atoms with van der Waals surface area (Å²) in [7, 11) is 0. The second-order valence-electron chi connectivity index (χ2n) is 17.7. The fourth-order valence-electron chi connectivity index (χ4n) is 10.7. The molecule has 4 aliphatic heterocycles. The molecule has 1 aliphatic carbocycles. The van der Waals surface area contributed by atoms with Crippen LogP contribution in [0.4, 0.5) is 0 Å². The van der Waals surface area contributed by atoms with Crippen LogP contribution >= 0.6 is 0 Å². The third kappa shape index (κ3) is 6.33. The van der Waals surface area contributed by atoms with Crippen molar-refractivity contribution in [1.29, 1.82) is 0 Å². The molecular weight excluding hydrogens is 873 g/mol. The first-order valence-corrected chi connectivity index (χ1v) is 22.5. The molecule has 0 radical (unpaired) electrons. The molecule has 8 heterocycles. The predicted octanol–water partition coefficient (Wildman–Crippen LogP) is 6.08. The highest BCUT2D eigenvalue weighted by Gasteiger charge is 2.39. The Morgan fingerprint density at radius 3 is 0.691 bits per heavy atom. The lowest BCUT2D eigenvalue weighted by atomic mass is 9.78. The van der Waals surface area contributed by atoms with Gasteiger partial charge in [-0.05, 0) is 24.3 Å². The normalized spacial score (nSPS) is 19.2. The standard InChI is InChI=1S/C48H44N12O8/c1-25-29-5-31-26(2)33-7-35-28(4)36-8-34-27(3)32-6-30(25)42-38(10-58-18-50-14-54-58)44(32)64-23-66-46(34)40(12-60-20-52-16-56-60)48(36)68-24-67-47(35)39(11-59-19-51-15-55-59)45(33)65-22-63-43(31)37(41(29)61-21-62-42)9-57-17-49-13-53-57/h5-8,13-20,25-28H,9-12,21-24H2,1-4H3. The first-order chi connectivity index (χ1) is 33.4. The van der Waals surface area contributed by atoms with Crippen LogP contribution in [0, 0.1) is 0 Å². The van der Waals surface area contributed by atoms with E-state index >= 15 is 0 Å². The van der Waals surface area contributed by atoms with Gasteiger partial charge < -0.3 is 37.9 Å². The summed E-state index contributed by atoms with van der Waals surface area (Å²) in [6.45, 7) is 9.53. The summed E-state index contributed by atoms with van der Waals surface area (Å²) in [5.41, 5.74) is 10.8. The van der Waals surface area contributed by atoms with Gasteiger partial charge in [0.1, 0.15) is 96.6 Å². The smallest absolute Gasteiger partial charge is 0.230 e. The third-order valence-electron chi connectivity index (χ3n) is 14.0. The number of rotatable bonds is 8. The largest absolute Gasteiger partial charge is 0.457 e. The van der Waals surface area contributed by atoms with Gasteiger partial charge in [-0.15, -0.1) is 0 Å². The van der Waals surface area contributed by atoms with Crippen LogP contribution in [0.25, 0.3) is 0 Å². The fraction of sp³-hybridized carbons (Fsp3) is 0.333. The molecule has 13 rings (SSSR count). The zero-order chi connectivity index (χ0) is 45.6. The highest BCUT2D eigenvalue weighted by Crippen LogP contribution is 2.56. The molecular formula is C48H44N12O8. The lowest BCUT2D eigenvalue weighted by Gasteiger charge is -2.36. The summed E-state index contributed by atoms with van der Waals surface area (Å²) in [6.07, 6.45) is 12.8. The van der Waals surface area contributed by atoms with Crippen LogP contribution in [-0.2, 0) is 26.2 Å². The number of ether oxygens (including phenoxy) is 8. The van der Waals surface area contributed by atoms with Gasteiger partial charge in [0.15, 0.2) is 0 Å². The Kier molecular flexibility index (Phi) is 9.29. The van der Waals surface area contributed by atoms with Gasteiger partial charge in [-0.3, -0.25) is 0 Å². The summed E-state index contributed by atoms with van der Waals surface area (Å²) in [4.78, 5) is 17.1. The van der Waals surface area contributed by atoms with E-state index in [1.807, 2.05) is 0 Å². The van der Waals surface area contributed by atoms with E-state index < -0.39 is 0 Å². The monoisotopic (exact) mass is 916 g/mol. The second-order valence-corrected chi connectivity index (χ2v) is 17.7. The minimum atomic E-state index is -0.288. The van der Waals surface area contributed by atoms with Gasteiger partial charge in [0.25, 0.3) is 0 Å². The Morgan fingerprint density at radius 1 is 0.338 bits per heavy atom. The van der Waals surface area contributed by atoms with E-state index in [9.17, 15) is 0 Å². The van der Waals surface area contributed by atoms with E-state index in [2.05, 4.69) is 92.3 Å². The van der Waals surface area contributed by atoms with E-state index in [0.29, 0.717) is 72.2 Å². The van der Waals surface area contributed by atoms with Crippen LogP contribution in [0.3, 0.4) is 0 Å². The van der Waals surface area contributed by atoms with Gasteiger partial charge in [-0.25, -0.2) is 38.7 Å². The molecule has 20 nitrogen and oxygen atoms in total. The van der Waals surface area contributed by atoms with Crippen LogP contribution < -0.4 is 37.9 Å². The quantitative estimate of drug-likeness (QED) is 0.170. The average molecular weight is 917 g/mol. The maximum Gasteiger partial charge on any atom is 0.230 e. The number of hydrogen-bond acceptors (Lipinski definition) is 16. The molecule has 0 amide bonds. The Labute approximate surface area is 388 Å². The lowest BCUT2D eigenvalue weighted by Crippen LogP contribution is -2.25. The van der Waals surface area contributed by atoms with Crippen molar-refractivity contribution in [2.24, 2.45) is 0 Å². The molecule has 8 bridgehead atoms. The maximum absolute atomic E-state index is 6.79. The van der Waals surface area contributed by atoms with E-state index in [-0.39, 0.29) is 50.8 Å². The zero-order valence-electron chi connectivity index (χ0n) is 37.5. The van der Waals surface area contributed by atoms with Crippen LogP contribution in [0.1, 0.15) is 118 Å². The molecule has 0 N–H and O–H groups in total. The van der Waals surface area contributed by atoms with Gasteiger partial charge in [0.2, 0.25) is 27.2 Å². The molecule has 344 valence electrons. The van der Waals surface area contributed by atoms with Crippen molar-refractivity contribution in [3.8, 4) is 46.0 Å². The van der Waals surface area contributed by atoms with Crippen molar-refractivity contribution in [1.82, 2.24) is 59.1 Å². The van der Waals surface area contributed by atoms with Crippen molar-refractivity contribution >= 4 is 0 Å². The van der Waals surface area contributed by atoms with Gasteiger partial charge in [0.05, 0.1) is 48.4 Å². The summed E-state index contributed by atoms with van der Waals surface area (Å²) >= 11 is 0. The summed E-state index contributed by atoms with van der Waals surface area (Å²) in [6, 6.07) is 8.94. The van der Waals surface area contributed by atoms with Crippen LogP contribution in [0.15, 0.2) is 74.9 Å². The van der Waals surface area contributed by atoms with E-state index in [4.69, 9.17) is 37.9 Å². The number of aromatic nitrogens is 12. The first kappa shape index (κ1) is 40.1. The molecule has 0 spiro atoms. The summed E-state index contributed by atoms with van der Waals surface area (Å²) in [5.74, 6) is 3.97. The Bertz CT molecular complexity index is 2680. The van der Waals surface area contributed by atoms with Crippen LogP contribution in [0.5, 0.6) is 46.0 Å². The first-order valence-electron chi connectivity index (χ1n) is 22.5. The molecule has 20 heteroatoms. The molecule has 5 aliphatic rings. The van der Waals surface area contributed by atoms with Crippen molar-refractivity contribution in [3.05, 3.63) is 142 Å². The predicted molar refractivity (Wildman–Crippen MR) is 237 cm³/mol. The van der Waals surface area contributed by atoms with Crippen LogP contribution in [0.2, 0.25) is 0 Å². The lowest BCUT2D eigenvalue weighted by molar-refractivity contribution is 0.0945. The Balaban J connectivity index is 1.15. The van der Waals surface area contributed by atoms with Gasteiger partial charge in [-0.2, -0.15) is 20.4 Å². The van der Waals surface area contributed by atoms with Crippen molar-refractivity contribution < 1.29 is 37.9 Å². The molecule has 8 aromatic rings. The number of benzene rings is 4. The number of nitrogens with zero attached hydrogens (tertiary/aromatic N) is 12. The highest BCUT2D eigenvalue weighted by atomic mass is 16.7. The molecule has 0 atom stereocenters. The van der Waals surface area contributed by atoms with Crippen molar-refractivity contribution in [3.63, 3.8) is 0 Å². The van der Waals surface area contributed by atoms with E-state index in [1.54, 1.807) is 44.0 Å². The van der Waals surface area contributed by atoms with Gasteiger partial charge in [0, 0.05) is 68.2 Å². The molecule has 0 saturated carbocycles. The molecule has 0 fully saturated rings. The summed E-state index contributed by atoms with van der Waals surface area (Å²) < 4.78 is 61.4. The third-order valence-corrected chi connectivity index (χ3v) is 14.0. The second kappa shape index (κ2) is 15.7. The number of hydrogen-bond donors (Lipinski definition) is 0. The summed E-state index contributed by atoms with van der Waals surface area (Å²) in [5, 5.41) is 18.1. The van der Waals surface area contributed by atoms with Crippen molar-refractivity contribution in [2.75, 3.05) is 27.2 Å². The minimum absolute atomic E-state index is 0.115. The van der Waals surface area contributed by atoms with Crippen molar-refractivity contribution in [2.45, 2.75) is 77.5 Å². The Hall–Kier alpha value is -8.16. The van der Waals surface area contributed by atoms with E-state index in [1.165, 1.54) is 25.3 Å².